The zero-order chi connectivity index (χ0) is 14.7. The SMILES string of the molecule is Cc1ccc(CC(N)Cc2ccn(C3CCCC3)n2)cc1. The molecule has 1 aromatic carbocycles. The van der Waals surface area contributed by atoms with Gasteiger partial charge in [0, 0.05) is 18.7 Å². The van der Waals surface area contributed by atoms with E-state index in [0.29, 0.717) is 6.04 Å². The molecule has 1 heterocycles. The Morgan fingerprint density at radius 2 is 1.86 bits per heavy atom. The van der Waals surface area contributed by atoms with Crippen LogP contribution >= 0.6 is 0 Å². The summed E-state index contributed by atoms with van der Waals surface area (Å²) in [6, 6.07) is 11.5. The quantitative estimate of drug-likeness (QED) is 0.913. The van der Waals surface area contributed by atoms with Gasteiger partial charge in [-0.15, -0.1) is 0 Å². The van der Waals surface area contributed by atoms with Gasteiger partial charge in [0.25, 0.3) is 0 Å². The summed E-state index contributed by atoms with van der Waals surface area (Å²) in [4.78, 5) is 0. The molecule has 2 aromatic rings. The van der Waals surface area contributed by atoms with Crippen molar-refractivity contribution in [3.05, 3.63) is 53.3 Å². The van der Waals surface area contributed by atoms with Gasteiger partial charge in [0.15, 0.2) is 0 Å². The van der Waals surface area contributed by atoms with E-state index in [1.54, 1.807) is 0 Å². The highest BCUT2D eigenvalue weighted by molar-refractivity contribution is 5.22. The molecule has 1 saturated carbocycles. The van der Waals surface area contributed by atoms with E-state index in [9.17, 15) is 0 Å². The monoisotopic (exact) mass is 283 g/mol. The van der Waals surface area contributed by atoms with Crippen molar-refractivity contribution >= 4 is 0 Å². The lowest BCUT2D eigenvalue weighted by atomic mass is 10.0. The first-order chi connectivity index (χ1) is 10.2. The van der Waals surface area contributed by atoms with E-state index in [-0.39, 0.29) is 6.04 Å². The zero-order valence-corrected chi connectivity index (χ0v) is 12.8. The third-order valence-electron chi connectivity index (χ3n) is 4.45. The van der Waals surface area contributed by atoms with Gasteiger partial charge in [-0.2, -0.15) is 5.10 Å². The molecule has 2 N–H and O–H groups in total. The highest BCUT2D eigenvalue weighted by atomic mass is 15.3. The maximum Gasteiger partial charge on any atom is 0.0640 e. The van der Waals surface area contributed by atoms with Crippen LogP contribution in [0.4, 0.5) is 0 Å². The summed E-state index contributed by atoms with van der Waals surface area (Å²) in [5.74, 6) is 0. The summed E-state index contributed by atoms with van der Waals surface area (Å²) in [5.41, 5.74) is 10.0. The molecule has 112 valence electrons. The van der Waals surface area contributed by atoms with Gasteiger partial charge in [-0.3, -0.25) is 4.68 Å². The van der Waals surface area contributed by atoms with Gasteiger partial charge in [-0.05, 0) is 37.8 Å². The van der Waals surface area contributed by atoms with E-state index in [2.05, 4.69) is 48.1 Å². The molecule has 0 spiro atoms. The minimum atomic E-state index is 0.139. The topological polar surface area (TPSA) is 43.8 Å². The average Bonchev–Trinajstić information content (AvgIpc) is 3.12. The van der Waals surface area contributed by atoms with Crippen LogP contribution in [0, 0.1) is 6.92 Å². The first kappa shape index (κ1) is 14.3. The Morgan fingerprint density at radius 3 is 2.57 bits per heavy atom. The van der Waals surface area contributed by atoms with Crippen molar-refractivity contribution in [3.8, 4) is 0 Å². The van der Waals surface area contributed by atoms with Crippen LogP contribution in [0.5, 0.6) is 0 Å². The molecule has 1 atom stereocenters. The fourth-order valence-electron chi connectivity index (χ4n) is 3.23. The first-order valence-electron chi connectivity index (χ1n) is 8.06. The molecule has 0 radical (unpaired) electrons. The van der Waals surface area contributed by atoms with Crippen molar-refractivity contribution in [2.24, 2.45) is 5.73 Å². The number of benzene rings is 1. The molecule has 0 saturated heterocycles. The maximum atomic E-state index is 6.29. The Bertz CT molecular complexity index is 564. The van der Waals surface area contributed by atoms with Gasteiger partial charge < -0.3 is 5.73 Å². The summed E-state index contributed by atoms with van der Waals surface area (Å²) >= 11 is 0. The number of rotatable bonds is 5. The van der Waals surface area contributed by atoms with E-state index < -0.39 is 0 Å². The lowest BCUT2D eigenvalue weighted by molar-refractivity contribution is 0.461. The summed E-state index contributed by atoms with van der Waals surface area (Å²) in [5, 5.41) is 4.72. The Morgan fingerprint density at radius 1 is 1.14 bits per heavy atom. The van der Waals surface area contributed by atoms with E-state index in [0.717, 1.165) is 18.5 Å². The predicted molar refractivity (Wildman–Crippen MR) is 86.3 cm³/mol. The molecule has 21 heavy (non-hydrogen) atoms. The van der Waals surface area contributed by atoms with E-state index >= 15 is 0 Å². The third kappa shape index (κ3) is 3.73. The lowest BCUT2D eigenvalue weighted by Gasteiger charge is -2.11. The van der Waals surface area contributed by atoms with Crippen LogP contribution < -0.4 is 5.73 Å². The Hall–Kier alpha value is -1.61. The van der Waals surface area contributed by atoms with Gasteiger partial charge in [0.1, 0.15) is 0 Å². The van der Waals surface area contributed by atoms with Crippen LogP contribution in [-0.4, -0.2) is 15.8 Å². The molecule has 3 heteroatoms. The highest BCUT2D eigenvalue weighted by Gasteiger charge is 2.18. The van der Waals surface area contributed by atoms with Crippen molar-refractivity contribution in [1.29, 1.82) is 0 Å². The molecular formula is C18H25N3. The van der Waals surface area contributed by atoms with Crippen molar-refractivity contribution in [2.75, 3.05) is 0 Å². The Kier molecular flexibility index (Phi) is 4.39. The largest absolute Gasteiger partial charge is 0.327 e. The van der Waals surface area contributed by atoms with Crippen molar-refractivity contribution in [3.63, 3.8) is 0 Å². The number of aryl methyl sites for hydroxylation is 1. The first-order valence-corrected chi connectivity index (χ1v) is 8.06. The minimum Gasteiger partial charge on any atom is -0.327 e. The summed E-state index contributed by atoms with van der Waals surface area (Å²) < 4.78 is 2.15. The van der Waals surface area contributed by atoms with Gasteiger partial charge in [0.05, 0.1) is 11.7 Å². The second-order valence-corrected chi connectivity index (χ2v) is 6.38. The van der Waals surface area contributed by atoms with Crippen LogP contribution in [-0.2, 0) is 12.8 Å². The second-order valence-electron chi connectivity index (χ2n) is 6.38. The van der Waals surface area contributed by atoms with Crippen LogP contribution in [0.3, 0.4) is 0 Å². The number of nitrogens with two attached hydrogens (primary N) is 1. The molecule has 1 aliphatic carbocycles. The van der Waals surface area contributed by atoms with Crippen LogP contribution in [0.2, 0.25) is 0 Å². The van der Waals surface area contributed by atoms with Gasteiger partial charge >= 0.3 is 0 Å². The number of hydrogen-bond acceptors (Lipinski definition) is 2. The molecule has 1 aliphatic rings. The van der Waals surface area contributed by atoms with Crippen LogP contribution in [0.25, 0.3) is 0 Å². The van der Waals surface area contributed by atoms with Gasteiger partial charge in [-0.25, -0.2) is 0 Å². The standard InChI is InChI=1S/C18H25N3/c1-14-6-8-15(9-7-14)12-16(19)13-17-10-11-21(20-17)18-4-2-3-5-18/h6-11,16,18H,2-5,12-13,19H2,1H3. The molecule has 1 unspecified atom stereocenters. The Balaban J connectivity index is 1.56. The van der Waals surface area contributed by atoms with Crippen LogP contribution in [0.1, 0.15) is 48.5 Å². The molecule has 0 amide bonds. The summed E-state index contributed by atoms with van der Waals surface area (Å²) in [6.45, 7) is 2.11. The zero-order valence-electron chi connectivity index (χ0n) is 12.8. The maximum absolute atomic E-state index is 6.29. The molecular weight excluding hydrogens is 258 g/mol. The van der Waals surface area contributed by atoms with E-state index in [1.807, 2.05) is 0 Å². The lowest BCUT2D eigenvalue weighted by Crippen LogP contribution is -2.25. The van der Waals surface area contributed by atoms with Crippen molar-refractivity contribution in [1.82, 2.24) is 9.78 Å². The van der Waals surface area contributed by atoms with Crippen molar-refractivity contribution in [2.45, 2.75) is 57.5 Å². The summed E-state index contributed by atoms with van der Waals surface area (Å²) in [7, 11) is 0. The molecule has 0 aliphatic heterocycles. The molecule has 1 fully saturated rings. The van der Waals surface area contributed by atoms with E-state index in [1.165, 1.54) is 36.8 Å². The number of hydrogen-bond donors (Lipinski definition) is 1. The predicted octanol–water partition coefficient (Wildman–Crippen LogP) is 3.42. The highest BCUT2D eigenvalue weighted by Crippen LogP contribution is 2.28. The van der Waals surface area contributed by atoms with Gasteiger partial charge in [-0.1, -0.05) is 42.7 Å². The fraction of sp³-hybridized carbons (Fsp3) is 0.500. The number of aromatic nitrogens is 2. The second kappa shape index (κ2) is 6.44. The van der Waals surface area contributed by atoms with Crippen LogP contribution in [0.15, 0.2) is 36.5 Å². The number of nitrogens with zero attached hydrogens (tertiary/aromatic N) is 2. The normalized spacial score (nSPS) is 17.2. The third-order valence-corrected chi connectivity index (χ3v) is 4.45. The van der Waals surface area contributed by atoms with Crippen molar-refractivity contribution < 1.29 is 0 Å². The summed E-state index contributed by atoms with van der Waals surface area (Å²) in [6.07, 6.45) is 9.13. The molecule has 0 bridgehead atoms. The molecule has 1 aromatic heterocycles. The fourth-order valence-corrected chi connectivity index (χ4v) is 3.23. The van der Waals surface area contributed by atoms with Gasteiger partial charge in [0.2, 0.25) is 0 Å². The Labute approximate surface area is 127 Å². The van der Waals surface area contributed by atoms with E-state index in [4.69, 9.17) is 10.8 Å². The molecule has 3 nitrogen and oxygen atoms in total. The smallest absolute Gasteiger partial charge is 0.0640 e. The average molecular weight is 283 g/mol. The minimum absolute atomic E-state index is 0.139. The molecule has 3 rings (SSSR count).